The predicted octanol–water partition coefficient (Wildman–Crippen LogP) is 4.57. The second-order valence-corrected chi connectivity index (χ2v) is 4.99. The Kier molecular flexibility index (Phi) is 4.40. The summed E-state index contributed by atoms with van der Waals surface area (Å²) in [6, 6.07) is 9.46. The molecule has 0 aliphatic heterocycles. The largest absolute Gasteiger partial charge is 0.488 e. The zero-order valence-electron chi connectivity index (χ0n) is 11.2. The molecule has 0 spiro atoms. The molecule has 2 aromatic carbocycles. The van der Waals surface area contributed by atoms with Gasteiger partial charge >= 0.3 is 0 Å². The van der Waals surface area contributed by atoms with Crippen LogP contribution in [0.2, 0.25) is 5.02 Å². The number of Topliss-reactive ketones (excluding diaryl/α,β-unsaturated/α-hetero) is 1. The van der Waals surface area contributed by atoms with Crippen molar-refractivity contribution in [3.8, 4) is 5.75 Å². The molecule has 0 saturated heterocycles. The van der Waals surface area contributed by atoms with Crippen LogP contribution in [0, 0.1) is 12.7 Å². The van der Waals surface area contributed by atoms with Crippen LogP contribution in [0.1, 0.15) is 28.4 Å². The van der Waals surface area contributed by atoms with Gasteiger partial charge in [0, 0.05) is 10.6 Å². The molecule has 2 nitrogen and oxygen atoms in total. The van der Waals surface area contributed by atoms with Crippen molar-refractivity contribution in [2.75, 3.05) is 0 Å². The smallest absolute Gasteiger partial charge is 0.163 e. The molecular formula is C16H14ClFO2. The Morgan fingerprint density at radius 3 is 2.70 bits per heavy atom. The van der Waals surface area contributed by atoms with E-state index in [2.05, 4.69) is 0 Å². The summed E-state index contributed by atoms with van der Waals surface area (Å²) >= 11 is 5.98. The Balaban J connectivity index is 2.23. The number of rotatable bonds is 4. The monoisotopic (exact) mass is 292 g/mol. The molecule has 0 aliphatic carbocycles. The van der Waals surface area contributed by atoms with E-state index in [1.807, 2.05) is 13.0 Å². The van der Waals surface area contributed by atoms with Crippen LogP contribution in [0.3, 0.4) is 0 Å². The van der Waals surface area contributed by atoms with Gasteiger partial charge in [0.15, 0.2) is 5.78 Å². The van der Waals surface area contributed by atoms with E-state index in [1.54, 1.807) is 12.1 Å². The maximum Gasteiger partial charge on any atom is 0.163 e. The highest BCUT2D eigenvalue weighted by atomic mass is 35.5. The SMILES string of the molecule is CC(=O)c1cc(C)ccc1OCc1cc(F)ccc1Cl. The van der Waals surface area contributed by atoms with E-state index in [1.165, 1.54) is 25.1 Å². The molecule has 0 heterocycles. The normalized spacial score (nSPS) is 10.4. The van der Waals surface area contributed by atoms with Crippen molar-refractivity contribution in [3.05, 3.63) is 63.9 Å². The fraction of sp³-hybridized carbons (Fsp3) is 0.188. The van der Waals surface area contributed by atoms with E-state index < -0.39 is 0 Å². The van der Waals surface area contributed by atoms with Gasteiger partial charge in [-0.3, -0.25) is 4.79 Å². The van der Waals surface area contributed by atoms with Crippen LogP contribution in [0.15, 0.2) is 36.4 Å². The topological polar surface area (TPSA) is 26.3 Å². The third kappa shape index (κ3) is 3.36. The summed E-state index contributed by atoms with van der Waals surface area (Å²) < 4.78 is 18.8. The van der Waals surface area contributed by atoms with Crippen LogP contribution >= 0.6 is 11.6 Å². The number of hydrogen-bond donors (Lipinski definition) is 0. The van der Waals surface area contributed by atoms with Gasteiger partial charge in [0.2, 0.25) is 0 Å². The van der Waals surface area contributed by atoms with Crippen molar-refractivity contribution >= 4 is 17.4 Å². The van der Waals surface area contributed by atoms with Gasteiger partial charge in [0.1, 0.15) is 18.2 Å². The average Bonchev–Trinajstić information content (AvgIpc) is 2.40. The van der Waals surface area contributed by atoms with Gasteiger partial charge in [-0.1, -0.05) is 23.2 Å². The molecule has 0 aliphatic rings. The molecule has 0 saturated carbocycles. The van der Waals surface area contributed by atoms with Crippen molar-refractivity contribution in [2.24, 2.45) is 0 Å². The van der Waals surface area contributed by atoms with Crippen molar-refractivity contribution in [1.29, 1.82) is 0 Å². The van der Waals surface area contributed by atoms with E-state index in [0.717, 1.165) is 5.56 Å². The second kappa shape index (κ2) is 6.06. The standard InChI is InChI=1S/C16H14ClFO2/c1-10-3-6-16(14(7-10)11(2)19)20-9-12-8-13(18)4-5-15(12)17/h3-8H,9H2,1-2H3. The van der Waals surface area contributed by atoms with E-state index in [-0.39, 0.29) is 18.2 Å². The summed E-state index contributed by atoms with van der Waals surface area (Å²) in [6.45, 7) is 3.50. The average molecular weight is 293 g/mol. The van der Waals surface area contributed by atoms with Crippen LogP contribution in [0.25, 0.3) is 0 Å². The van der Waals surface area contributed by atoms with Crippen LogP contribution in [-0.2, 0) is 6.61 Å². The van der Waals surface area contributed by atoms with Gasteiger partial charge in [0.05, 0.1) is 5.56 Å². The van der Waals surface area contributed by atoms with E-state index >= 15 is 0 Å². The molecule has 2 aromatic rings. The maximum absolute atomic E-state index is 13.2. The lowest BCUT2D eigenvalue weighted by Gasteiger charge is -2.11. The first-order valence-electron chi connectivity index (χ1n) is 6.15. The number of ketones is 1. The summed E-state index contributed by atoms with van der Waals surface area (Å²) in [5, 5.41) is 0.433. The summed E-state index contributed by atoms with van der Waals surface area (Å²) in [6.07, 6.45) is 0. The number of hydrogen-bond acceptors (Lipinski definition) is 2. The third-order valence-electron chi connectivity index (χ3n) is 2.91. The number of aryl methyl sites for hydroxylation is 1. The van der Waals surface area contributed by atoms with Crippen molar-refractivity contribution in [3.63, 3.8) is 0 Å². The van der Waals surface area contributed by atoms with Crippen molar-refractivity contribution in [2.45, 2.75) is 20.5 Å². The number of benzene rings is 2. The fourth-order valence-corrected chi connectivity index (χ4v) is 2.03. The van der Waals surface area contributed by atoms with Crippen LogP contribution in [0.4, 0.5) is 4.39 Å². The lowest BCUT2D eigenvalue weighted by atomic mass is 10.1. The maximum atomic E-state index is 13.2. The van der Waals surface area contributed by atoms with Gasteiger partial charge in [-0.25, -0.2) is 4.39 Å². The summed E-state index contributed by atoms with van der Waals surface area (Å²) in [4.78, 5) is 11.6. The Bertz CT molecular complexity index is 653. The minimum Gasteiger partial charge on any atom is -0.488 e. The Morgan fingerprint density at radius 2 is 2.00 bits per heavy atom. The molecule has 0 aromatic heterocycles. The predicted molar refractivity (Wildman–Crippen MR) is 76.9 cm³/mol. The molecule has 104 valence electrons. The van der Waals surface area contributed by atoms with E-state index in [9.17, 15) is 9.18 Å². The molecule has 0 fully saturated rings. The Hall–Kier alpha value is -1.87. The molecule has 0 N–H and O–H groups in total. The van der Waals surface area contributed by atoms with Crippen molar-refractivity contribution in [1.82, 2.24) is 0 Å². The quantitative estimate of drug-likeness (QED) is 0.772. The molecule has 0 bridgehead atoms. The summed E-state index contributed by atoms with van der Waals surface area (Å²) in [5.41, 5.74) is 2.03. The molecule has 0 unspecified atom stereocenters. The first kappa shape index (κ1) is 14.5. The van der Waals surface area contributed by atoms with Crippen molar-refractivity contribution < 1.29 is 13.9 Å². The number of carbonyl (C=O) groups excluding carboxylic acids is 1. The van der Waals surface area contributed by atoms with E-state index in [0.29, 0.717) is 21.9 Å². The van der Waals surface area contributed by atoms with Gasteiger partial charge in [-0.15, -0.1) is 0 Å². The van der Waals surface area contributed by atoms with Gasteiger partial charge in [-0.2, -0.15) is 0 Å². The highest BCUT2D eigenvalue weighted by Gasteiger charge is 2.10. The highest BCUT2D eigenvalue weighted by molar-refractivity contribution is 6.31. The van der Waals surface area contributed by atoms with Crippen LogP contribution in [-0.4, -0.2) is 5.78 Å². The fourth-order valence-electron chi connectivity index (χ4n) is 1.85. The number of halogens is 2. The van der Waals surface area contributed by atoms with Gasteiger partial charge in [0.25, 0.3) is 0 Å². The molecule has 20 heavy (non-hydrogen) atoms. The summed E-state index contributed by atoms with van der Waals surface area (Å²) in [7, 11) is 0. The van der Waals surface area contributed by atoms with Crippen LogP contribution in [0.5, 0.6) is 5.75 Å². The number of carbonyl (C=O) groups is 1. The number of ether oxygens (including phenoxy) is 1. The molecule has 0 amide bonds. The zero-order chi connectivity index (χ0) is 14.7. The molecular weight excluding hydrogens is 279 g/mol. The first-order valence-corrected chi connectivity index (χ1v) is 6.53. The zero-order valence-corrected chi connectivity index (χ0v) is 12.0. The van der Waals surface area contributed by atoms with Crippen LogP contribution < -0.4 is 4.74 Å². The lowest BCUT2D eigenvalue weighted by molar-refractivity contribution is 0.101. The highest BCUT2D eigenvalue weighted by Crippen LogP contribution is 2.24. The first-order chi connectivity index (χ1) is 9.47. The molecule has 4 heteroatoms. The molecule has 2 rings (SSSR count). The Labute approximate surface area is 122 Å². The minimum absolute atomic E-state index is 0.0750. The third-order valence-corrected chi connectivity index (χ3v) is 3.27. The molecule has 0 radical (unpaired) electrons. The van der Waals surface area contributed by atoms with E-state index in [4.69, 9.17) is 16.3 Å². The summed E-state index contributed by atoms with van der Waals surface area (Å²) in [5.74, 6) is 0.0289. The minimum atomic E-state index is -0.372. The lowest BCUT2D eigenvalue weighted by Crippen LogP contribution is -2.03. The second-order valence-electron chi connectivity index (χ2n) is 4.58. The van der Waals surface area contributed by atoms with Gasteiger partial charge < -0.3 is 4.74 Å². The Morgan fingerprint density at radius 1 is 1.25 bits per heavy atom. The molecule has 0 atom stereocenters. The van der Waals surface area contributed by atoms with Gasteiger partial charge in [-0.05, 0) is 44.2 Å².